The standard InChI is InChI=1S/C8H4BrF3O2/c9-5-3-1-2-4(6(5)13)7(14)8(10,11)12/h1-3,13H. The van der Waals surface area contributed by atoms with Crippen molar-refractivity contribution < 1.29 is 23.1 Å². The number of phenolic OH excluding ortho intramolecular Hbond substituents is 1. The second-order valence-corrected chi connectivity index (χ2v) is 3.32. The first-order valence-corrected chi connectivity index (χ1v) is 4.22. The molecule has 0 spiro atoms. The van der Waals surface area contributed by atoms with Gasteiger partial charge in [0.1, 0.15) is 5.75 Å². The Hall–Kier alpha value is -1.04. The Balaban J connectivity index is 3.21. The highest BCUT2D eigenvalue weighted by Gasteiger charge is 2.40. The van der Waals surface area contributed by atoms with Crippen LogP contribution in [0.2, 0.25) is 0 Å². The van der Waals surface area contributed by atoms with Crippen LogP contribution in [0.15, 0.2) is 22.7 Å². The van der Waals surface area contributed by atoms with Gasteiger partial charge in [-0.1, -0.05) is 6.07 Å². The Labute approximate surface area is 85.5 Å². The lowest BCUT2D eigenvalue weighted by molar-refractivity contribution is -0.0886. The molecule has 0 saturated heterocycles. The molecule has 0 aromatic heterocycles. The third-order valence-corrected chi connectivity index (χ3v) is 2.13. The van der Waals surface area contributed by atoms with Gasteiger partial charge >= 0.3 is 6.18 Å². The first kappa shape index (κ1) is 11.0. The molecule has 0 radical (unpaired) electrons. The highest BCUT2D eigenvalue weighted by atomic mass is 79.9. The molecule has 0 aliphatic heterocycles. The molecule has 0 bridgehead atoms. The molecule has 0 unspecified atom stereocenters. The molecule has 76 valence electrons. The van der Waals surface area contributed by atoms with Crippen molar-refractivity contribution in [2.24, 2.45) is 0 Å². The summed E-state index contributed by atoms with van der Waals surface area (Å²) in [7, 11) is 0. The zero-order valence-electron chi connectivity index (χ0n) is 6.60. The zero-order valence-corrected chi connectivity index (χ0v) is 8.19. The molecule has 0 amide bonds. The van der Waals surface area contributed by atoms with E-state index in [0.29, 0.717) is 0 Å². The van der Waals surface area contributed by atoms with Crippen molar-refractivity contribution in [1.29, 1.82) is 0 Å². The highest BCUT2D eigenvalue weighted by molar-refractivity contribution is 9.10. The maximum atomic E-state index is 12.0. The number of hydrogen-bond donors (Lipinski definition) is 1. The van der Waals surface area contributed by atoms with E-state index in [1.54, 1.807) is 0 Å². The van der Waals surface area contributed by atoms with Gasteiger partial charge in [0, 0.05) is 0 Å². The first-order valence-electron chi connectivity index (χ1n) is 3.43. The van der Waals surface area contributed by atoms with Crippen molar-refractivity contribution in [2.45, 2.75) is 6.18 Å². The predicted molar refractivity (Wildman–Crippen MR) is 46.2 cm³/mol. The van der Waals surface area contributed by atoms with Crippen LogP contribution in [0.4, 0.5) is 13.2 Å². The number of ketones is 1. The van der Waals surface area contributed by atoms with Gasteiger partial charge in [-0.05, 0) is 28.1 Å². The van der Waals surface area contributed by atoms with Crippen LogP contribution in [0.25, 0.3) is 0 Å². The summed E-state index contributed by atoms with van der Waals surface area (Å²) in [6.45, 7) is 0. The molecule has 0 heterocycles. The van der Waals surface area contributed by atoms with Crippen molar-refractivity contribution in [3.63, 3.8) is 0 Å². The lowest BCUT2D eigenvalue weighted by Crippen LogP contribution is -2.22. The van der Waals surface area contributed by atoms with Gasteiger partial charge in [0.2, 0.25) is 0 Å². The number of hydrogen-bond acceptors (Lipinski definition) is 2. The molecule has 14 heavy (non-hydrogen) atoms. The van der Waals surface area contributed by atoms with Gasteiger partial charge in [0.15, 0.2) is 0 Å². The SMILES string of the molecule is O=C(c1cccc(Br)c1O)C(F)(F)F. The molecule has 1 N–H and O–H groups in total. The number of carbonyl (C=O) groups is 1. The summed E-state index contributed by atoms with van der Waals surface area (Å²) in [6.07, 6.45) is -4.97. The number of aromatic hydroxyl groups is 1. The molecular formula is C8H4BrF3O2. The summed E-state index contributed by atoms with van der Waals surface area (Å²) in [5.74, 6) is -2.76. The number of phenols is 1. The average molecular weight is 269 g/mol. The number of halogens is 4. The number of rotatable bonds is 1. The van der Waals surface area contributed by atoms with Crippen LogP contribution in [0, 0.1) is 0 Å². The second kappa shape index (κ2) is 3.61. The average Bonchev–Trinajstić information content (AvgIpc) is 2.07. The minimum absolute atomic E-state index is 0.0487. The maximum Gasteiger partial charge on any atom is 0.455 e. The summed E-state index contributed by atoms with van der Waals surface area (Å²) < 4.78 is 36.0. The molecule has 2 nitrogen and oxygen atoms in total. The summed E-state index contributed by atoms with van der Waals surface area (Å²) >= 11 is 2.81. The van der Waals surface area contributed by atoms with Crippen LogP contribution in [0.5, 0.6) is 5.75 Å². The van der Waals surface area contributed by atoms with E-state index in [1.165, 1.54) is 12.1 Å². The lowest BCUT2D eigenvalue weighted by atomic mass is 10.1. The molecule has 0 aliphatic carbocycles. The van der Waals surface area contributed by atoms with Gasteiger partial charge in [-0.2, -0.15) is 13.2 Å². The molecule has 1 aromatic carbocycles. The summed E-state index contributed by atoms with van der Waals surface area (Å²) in [5, 5.41) is 9.16. The van der Waals surface area contributed by atoms with Crippen molar-refractivity contribution in [1.82, 2.24) is 0 Å². The molecule has 0 atom stereocenters. The number of benzene rings is 1. The Morgan fingerprint density at radius 1 is 1.36 bits per heavy atom. The number of carbonyl (C=O) groups excluding carboxylic acids is 1. The Morgan fingerprint density at radius 2 is 1.93 bits per heavy atom. The third kappa shape index (κ3) is 2.06. The number of alkyl halides is 3. The molecule has 6 heteroatoms. The van der Waals surface area contributed by atoms with Crippen molar-refractivity contribution in [3.05, 3.63) is 28.2 Å². The maximum absolute atomic E-state index is 12.0. The minimum atomic E-state index is -4.97. The van der Waals surface area contributed by atoms with Gasteiger partial charge in [0.05, 0.1) is 10.0 Å². The molecule has 0 aliphatic rings. The summed E-state index contributed by atoms with van der Waals surface area (Å²) in [5.41, 5.74) is -0.758. The first-order chi connectivity index (χ1) is 6.34. The van der Waals surface area contributed by atoms with Gasteiger partial charge < -0.3 is 5.11 Å². The van der Waals surface area contributed by atoms with Crippen LogP contribution in [0.1, 0.15) is 10.4 Å². The minimum Gasteiger partial charge on any atom is -0.506 e. The van der Waals surface area contributed by atoms with E-state index >= 15 is 0 Å². The topological polar surface area (TPSA) is 37.3 Å². The van der Waals surface area contributed by atoms with Gasteiger partial charge in [-0.25, -0.2) is 0 Å². The molecular weight excluding hydrogens is 265 g/mol. The van der Waals surface area contributed by atoms with Crippen LogP contribution >= 0.6 is 15.9 Å². The van der Waals surface area contributed by atoms with E-state index in [4.69, 9.17) is 5.11 Å². The fraction of sp³-hybridized carbons (Fsp3) is 0.125. The Kier molecular flexibility index (Phi) is 2.84. The molecule has 1 aromatic rings. The van der Waals surface area contributed by atoms with Gasteiger partial charge in [-0.3, -0.25) is 4.79 Å². The van der Waals surface area contributed by atoms with Crippen LogP contribution in [-0.4, -0.2) is 17.1 Å². The quantitative estimate of drug-likeness (QED) is 0.796. The van der Waals surface area contributed by atoms with Crippen LogP contribution < -0.4 is 0 Å². The fourth-order valence-corrected chi connectivity index (χ4v) is 1.22. The van der Waals surface area contributed by atoms with E-state index in [2.05, 4.69) is 15.9 Å². The summed E-state index contributed by atoms with van der Waals surface area (Å²) in [6, 6.07) is 3.49. The van der Waals surface area contributed by atoms with E-state index < -0.39 is 23.3 Å². The largest absolute Gasteiger partial charge is 0.506 e. The van der Waals surface area contributed by atoms with E-state index in [-0.39, 0.29) is 4.47 Å². The van der Waals surface area contributed by atoms with E-state index in [9.17, 15) is 18.0 Å². The number of para-hydroxylation sites is 1. The van der Waals surface area contributed by atoms with E-state index in [1.807, 2.05) is 0 Å². The van der Waals surface area contributed by atoms with Crippen molar-refractivity contribution in [2.75, 3.05) is 0 Å². The second-order valence-electron chi connectivity index (χ2n) is 2.46. The predicted octanol–water partition coefficient (Wildman–Crippen LogP) is 2.90. The normalized spacial score (nSPS) is 11.4. The smallest absolute Gasteiger partial charge is 0.455 e. The van der Waals surface area contributed by atoms with Gasteiger partial charge in [-0.15, -0.1) is 0 Å². The van der Waals surface area contributed by atoms with Crippen molar-refractivity contribution in [3.8, 4) is 5.75 Å². The highest BCUT2D eigenvalue weighted by Crippen LogP contribution is 2.32. The van der Waals surface area contributed by atoms with Gasteiger partial charge in [0.25, 0.3) is 5.78 Å². The fourth-order valence-electron chi connectivity index (χ4n) is 0.851. The monoisotopic (exact) mass is 268 g/mol. The Morgan fingerprint density at radius 3 is 2.43 bits per heavy atom. The van der Waals surface area contributed by atoms with Crippen LogP contribution in [0.3, 0.4) is 0 Å². The molecule has 1 rings (SSSR count). The number of Topliss-reactive ketones (excluding diaryl/α,β-unsaturated/α-hetero) is 1. The third-order valence-electron chi connectivity index (χ3n) is 1.49. The Bertz CT molecular complexity index is 373. The van der Waals surface area contributed by atoms with E-state index in [0.717, 1.165) is 6.07 Å². The molecule has 0 fully saturated rings. The molecule has 0 saturated carbocycles. The lowest BCUT2D eigenvalue weighted by Gasteiger charge is -2.07. The van der Waals surface area contributed by atoms with Crippen molar-refractivity contribution >= 4 is 21.7 Å². The van der Waals surface area contributed by atoms with Crippen LogP contribution in [-0.2, 0) is 0 Å². The summed E-state index contributed by atoms with van der Waals surface area (Å²) in [4.78, 5) is 10.7. The zero-order chi connectivity index (χ0) is 10.9.